The van der Waals surface area contributed by atoms with E-state index < -0.39 is 27.9 Å². The highest BCUT2D eigenvalue weighted by Gasteiger charge is 2.23. The van der Waals surface area contributed by atoms with Gasteiger partial charge in [-0.25, -0.2) is 13.1 Å². The first kappa shape index (κ1) is 18.1. The topological polar surface area (TPSA) is 104 Å². The highest BCUT2D eigenvalue weighted by atomic mass is 32.2. The van der Waals surface area contributed by atoms with Crippen LogP contribution in [0.3, 0.4) is 0 Å². The van der Waals surface area contributed by atoms with Gasteiger partial charge in [0.2, 0.25) is 21.8 Å². The van der Waals surface area contributed by atoms with Crippen LogP contribution in [-0.2, 0) is 19.6 Å². The Hall–Kier alpha value is -2.71. The molecule has 136 valence electrons. The van der Waals surface area contributed by atoms with Crippen LogP contribution in [0.5, 0.6) is 0 Å². The number of hydrogen-bond donors (Lipinski definition) is 3. The Morgan fingerprint density at radius 1 is 1.00 bits per heavy atom. The van der Waals surface area contributed by atoms with E-state index >= 15 is 0 Å². The Labute approximate surface area is 151 Å². The van der Waals surface area contributed by atoms with Crippen LogP contribution in [0.25, 0.3) is 0 Å². The molecule has 0 spiro atoms. The van der Waals surface area contributed by atoms with E-state index in [0.717, 1.165) is 11.1 Å². The Morgan fingerprint density at radius 2 is 1.65 bits per heavy atom. The van der Waals surface area contributed by atoms with E-state index in [9.17, 15) is 18.0 Å². The van der Waals surface area contributed by atoms with E-state index in [1.165, 1.54) is 18.2 Å². The monoisotopic (exact) mass is 373 g/mol. The first-order valence-corrected chi connectivity index (χ1v) is 9.56. The molecule has 0 bridgehead atoms. The van der Waals surface area contributed by atoms with Gasteiger partial charge >= 0.3 is 0 Å². The third-order valence-corrected chi connectivity index (χ3v) is 5.70. The lowest BCUT2D eigenvalue weighted by Crippen LogP contribution is -2.27. The smallest absolute Gasteiger partial charge is 0.241 e. The summed E-state index contributed by atoms with van der Waals surface area (Å²) in [6.07, 6.45) is -0.306. The molecule has 8 heteroatoms. The van der Waals surface area contributed by atoms with Gasteiger partial charge in [0.25, 0.3) is 0 Å². The molecule has 3 N–H and O–H groups in total. The molecule has 1 aliphatic rings. The molecule has 26 heavy (non-hydrogen) atoms. The van der Waals surface area contributed by atoms with Crippen LogP contribution in [0.15, 0.2) is 47.4 Å². The summed E-state index contributed by atoms with van der Waals surface area (Å²) in [4.78, 5) is 23.3. The van der Waals surface area contributed by atoms with E-state index in [1.54, 1.807) is 6.92 Å². The molecular weight excluding hydrogens is 354 g/mol. The van der Waals surface area contributed by atoms with Crippen molar-refractivity contribution in [3.05, 3.63) is 53.6 Å². The van der Waals surface area contributed by atoms with Gasteiger partial charge in [0.15, 0.2) is 0 Å². The minimum Gasteiger partial charge on any atom is -0.324 e. The summed E-state index contributed by atoms with van der Waals surface area (Å²) in [5.74, 6) is -0.930. The molecule has 2 amide bonds. The second-order valence-electron chi connectivity index (χ2n) is 6.18. The molecule has 1 heterocycles. The highest BCUT2D eigenvalue weighted by Crippen LogP contribution is 2.28. The fraction of sp³-hybridized carbons (Fsp3) is 0.222. The molecule has 0 fully saturated rings. The van der Waals surface area contributed by atoms with Crippen LogP contribution in [0.4, 0.5) is 11.4 Å². The van der Waals surface area contributed by atoms with E-state index in [2.05, 4.69) is 15.4 Å². The standard InChI is InChI=1S/C18H19N3O4S/c1-11-5-3-4-6-14(11)12(2)21-26(24,25)13-7-8-15-16(9-13)20-18(23)10-17(22)19-15/h3-9,12,21H,10H2,1-2H3,(H,19,22)(H,20,23). The molecule has 2 aromatic carbocycles. The first-order chi connectivity index (χ1) is 12.3. The Morgan fingerprint density at radius 3 is 2.35 bits per heavy atom. The van der Waals surface area contributed by atoms with Gasteiger partial charge in [0, 0.05) is 6.04 Å². The lowest BCUT2D eigenvalue weighted by Gasteiger charge is -2.17. The van der Waals surface area contributed by atoms with E-state index in [4.69, 9.17) is 0 Å². The van der Waals surface area contributed by atoms with Gasteiger partial charge < -0.3 is 10.6 Å². The van der Waals surface area contributed by atoms with Crippen LogP contribution in [0.2, 0.25) is 0 Å². The maximum Gasteiger partial charge on any atom is 0.241 e. The minimum atomic E-state index is -3.81. The lowest BCUT2D eigenvalue weighted by atomic mass is 10.0. The summed E-state index contributed by atoms with van der Waals surface area (Å²) in [5.41, 5.74) is 2.49. The summed E-state index contributed by atoms with van der Waals surface area (Å²) in [5, 5.41) is 5.11. The average Bonchev–Trinajstić information content (AvgIpc) is 2.70. The molecule has 0 saturated heterocycles. The predicted octanol–water partition coefficient (Wildman–Crippen LogP) is 2.32. The van der Waals surface area contributed by atoms with Crippen LogP contribution in [-0.4, -0.2) is 20.2 Å². The van der Waals surface area contributed by atoms with Crippen LogP contribution in [0.1, 0.15) is 30.5 Å². The third-order valence-electron chi connectivity index (χ3n) is 4.16. The number of aryl methyl sites for hydroxylation is 1. The highest BCUT2D eigenvalue weighted by molar-refractivity contribution is 7.89. The SMILES string of the molecule is Cc1ccccc1C(C)NS(=O)(=O)c1ccc2c(c1)NC(=O)CC(=O)N2. The maximum atomic E-state index is 12.7. The van der Waals surface area contributed by atoms with Crippen molar-refractivity contribution >= 4 is 33.2 Å². The van der Waals surface area contributed by atoms with E-state index in [1.807, 2.05) is 31.2 Å². The predicted molar refractivity (Wildman–Crippen MR) is 98.2 cm³/mol. The van der Waals surface area contributed by atoms with Crippen LogP contribution < -0.4 is 15.4 Å². The van der Waals surface area contributed by atoms with E-state index in [-0.39, 0.29) is 17.0 Å². The van der Waals surface area contributed by atoms with Crippen molar-refractivity contribution in [3.63, 3.8) is 0 Å². The van der Waals surface area contributed by atoms with Crippen molar-refractivity contribution in [2.24, 2.45) is 0 Å². The van der Waals surface area contributed by atoms with Gasteiger partial charge in [-0.15, -0.1) is 0 Å². The molecule has 0 radical (unpaired) electrons. The number of rotatable bonds is 4. The molecule has 7 nitrogen and oxygen atoms in total. The number of fused-ring (bicyclic) bond motifs is 1. The fourth-order valence-electron chi connectivity index (χ4n) is 2.87. The van der Waals surface area contributed by atoms with Gasteiger partial charge in [0.1, 0.15) is 6.42 Å². The molecule has 1 atom stereocenters. The number of carbonyl (C=O) groups excluding carboxylic acids is 2. The maximum absolute atomic E-state index is 12.7. The number of sulfonamides is 1. The number of hydrogen-bond acceptors (Lipinski definition) is 4. The van der Waals surface area contributed by atoms with Crippen molar-refractivity contribution < 1.29 is 18.0 Å². The Balaban J connectivity index is 1.89. The molecule has 1 aliphatic heterocycles. The average molecular weight is 373 g/mol. The number of amides is 2. The number of nitrogens with one attached hydrogen (secondary N) is 3. The second-order valence-corrected chi connectivity index (χ2v) is 7.89. The zero-order chi connectivity index (χ0) is 18.9. The van der Waals surface area contributed by atoms with E-state index in [0.29, 0.717) is 5.69 Å². The quantitative estimate of drug-likeness (QED) is 0.715. The molecule has 2 aromatic rings. The fourth-order valence-corrected chi connectivity index (χ4v) is 4.12. The third kappa shape index (κ3) is 3.76. The molecule has 3 rings (SSSR count). The van der Waals surface area contributed by atoms with Crippen molar-refractivity contribution in [2.75, 3.05) is 10.6 Å². The minimum absolute atomic E-state index is 0.00753. The zero-order valence-corrected chi connectivity index (χ0v) is 15.2. The zero-order valence-electron chi connectivity index (χ0n) is 14.4. The largest absolute Gasteiger partial charge is 0.324 e. The van der Waals surface area contributed by atoms with Gasteiger partial charge in [0.05, 0.1) is 16.3 Å². The summed E-state index contributed by atoms with van der Waals surface area (Å²) in [6, 6.07) is 11.3. The molecule has 1 unspecified atom stereocenters. The molecule has 0 aromatic heterocycles. The molecular formula is C18H19N3O4S. The second kappa shape index (κ2) is 6.89. The van der Waals surface area contributed by atoms with Crippen LogP contribution >= 0.6 is 0 Å². The van der Waals surface area contributed by atoms with Gasteiger partial charge in [-0.1, -0.05) is 24.3 Å². The van der Waals surface area contributed by atoms with Crippen molar-refractivity contribution in [1.82, 2.24) is 4.72 Å². The lowest BCUT2D eigenvalue weighted by molar-refractivity contribution is -0.123. The van der Waals surface area contributed by atoms with Crippen LogP contribution in [0, 0.1) is 6.92 Å². The summed E-state index contributed by atoms with van der Waals surface area (Å²) >= 11 is 0. The van der Waals surface area contributed by atoms with Gasteiger partial charge in [-0.2, -0.15) is 0 Å². The van der Waals surface area contributed by atoms with Gasteiger partial charge in [-0.3, -0.25) is 9.59 Å². The molecule has 0 aliphatic carbocycles. The summed E-state index contributed by atoms with van der Waals surface area (Å²) < 4.78 is 28.1. The summed E-state index contributed by atoms with van der Waals surface area (Å²) in [6.45, 7) is 3.69. The number of benzene rings is 2. The Kier molecular flexibility index (Phi) is 4.80. The summed E-state index contributed by atoms with van der Waals surface area (Å²) in [7, 11) is -3.81. The number of carbonyl (C=O) groups is 2. The normalized spacial score (nSPS) is 15.5. The van der Waals surface area contributed by atoms with Gasteiger partial charge in [-0.05, 0) is 43.2 Å². The Bertz CT molecular complexity index is 986. The van der Waals surface area contributed by atoms with Crippen molar-refractivity contribution in [2.45, 2.75) is 31.2 Å². The van der Waals surface area contributed by atoms with Crippen molar-refractivity contribution in [3.8, 4) is 0 Å². The molecule has 0 saturated carbocycles. The first-order valence-electron chi connectivity index (χ1n) is 8.08. The number of anilines is 2. The van der Waals surface area contributed by atoms with Crippen molar-refractivity contribution in [1.29, 1.82) is 0 Å².